The van der Waals surface area contributed by atoms with Gasteiger partial charge < -0.3 is 9.47 Å². The van der Waals surface area contributed by atoms with Crippen molar-refractivity contribution in [3.05, 3.63) is 94.0 Å². The summed E-state index contributed by atoms with van der Waals surface area (Å²) in [6.07, 6.45) is 1.78. The molecular formula is C27H21ClN2O3S. The molecule has 7 heteroatoms. The van der Waals surface area contributed by atoms with E-state index in [0.29, 0.717) is 28.8 Å². The minimum Gasteiger partial charge on any atom is -0.497 e. The molecular weight excluding hydrogens is 468 g/mol. The number of amidine groups is 1. The number of benzene rings is 3. The Hall–Kier alpha value is -3.61. The Morgan fingerprint density at radius 3 is 2.38 bits per heavy atom. The van der Waals surface area contributed by atoms with Gasteiger partial charge in [-0.1, -0.05) is 41.9 Å². The molecule has 0 bridgehead atoms. The minimum absolute atomic E-state index is 0.219. The van der Waals surface area contributed by atoms with Crippen LogP contribution in [-0.2, 0) is 4.79 Å². The number of anilines is 1. The van der Waals surface area contributed by atoms with Crippen molar-refractivity contribution in [1.29, 1.82) is 0 Å². The lowest BCUT2D eigenvalue weighted by Gasteiger charge is -2.18. The lowest BCUT2D eigenvalue weighted by molar-refractivity contribution is -0.113. The van der Waals surface area contributed by atoms with Gasteiger partial charge in [0.2, 0.25) is 0 Å². The molecule has 5 rings (SSSR count). The molecule has 0 saturated heterocycles. The maximum absolute atomic E-state index is 13.6. The fourth-order valence-corrected chi connectivity index (χ4v) is 5.28. The highest BCUT2D eigenvalue weighted by Gasteiger charge is 2.35. The van der Waals surface area contributed by atoms with E-state index in [1.54, 1.807) is 18.1 Å². The summed E-state index contributed by atoms with van der Waals surface area (Å²) in [5.41, 5.74) is 1.88. The van der Waals surface area contributed by atoms with E-state index < -0.39 is 0 Å². The molecule has 1 aromatic heterocycles. The number of carbonyl (C=O) groups excluding carboxylic acids is 1. The van der Waals surface area contributed by atoms with Crippen LogP contribution < -0.4 is 14.4 Å². The van der Waals surface area contributed by atoms with Gasteiger partial charge in [0.1, 0.15) is 17.2 Å². The van der Waals surface area contributed by atoms with Gasteiger partial charge in [0.05, 0.1) is 29.3 Å². The van der Waals surface area contributed by atoms with Crippen molar-refractivity contribution in [2.75, 3.05) is 18.6 Å². The van der Waals surface area contributed by atoms with E-state index in [2.05, 4.69) is 0 Å². The van der Waals surface area contributed by atoms with Crippen molar-refractivity contribution in [2.24, 2.45) is 4.99 Å². The van der Waals surface area contributed by atoms with Crippen LogP contribution in [0.25, 0.3) is 16.2 Å². The smallest absolute Gasteiger partial charge is 0.282 e. The zero-order chi connectivity index (χ0) is 23.7. The number of ether oxygens (including phenoxy) is 2. The van der Waals surface area contributed by atoms with Crippen molar-refractivity contribution in [3.8, 4) is 11.5 Å². The SMILES string of the molecule is CCOc1ccc(N2C(=O)/C(=C\c3ccc(OC)cc3)N=C2c2sc3ccccc3c2Cl)cc1. The first-order chi connectivity index (χ1) is 16.6. The molecule has 4 aromatic rings. The maximum atomic E-state index is 13.6. The standard InChI is InChI=1S/C27H21ClN2O3S/c1-3-33-20-14-10-18(11-15-20)30-26(25-24(28)21-6-4-5-7-23(21)34-25)29-22(27(30)31)16-17-8-12-19(32-2)13-9-17/h4-16H,3H2,1-2H3/b22-16+. The predicted octanol–water partition coefficient (Wildman–Crippen LogP) is 6.80. The van der Waals surface area contributed by atoms with Crippen LogP contribution in [0.3, 0.4) is 0 Å². The van der Waals surface area contributed by atoms with Crippen LogP contribution >= 0.6 is 22.9 Å². The number of aliphatic imine (C=N–C) groups is 1. The molecule has 3 aromatic carbocycles. The monoisotopic (exact) mass is 488 g/mol. The fourth-order valence-electron chi connectivity index (χ4n) is 3.78. The van der Waals surface area contributed by atoms with Gasteiger partial charge in [-0.3, -0.25) is 9.69 Å². The Kier molecular flexibility index (Phi) is 6.09. The highest BCUT2D eigenvalue weighted by Crippen LogP contribution is 2.39. The second-order valence-corrected chi connectivity index (χ2v) is 8.98. The number of carbonyl (C=O) groups is 1. The van der Waals surface area contributed by atoms with Crippen LogP contribution in [-0.4, -0.2) is 25.5 Å². The molecule has 1 aliphatic rings. The first kappa shape index (κ1) is 22.2. The van der Waals surface area contributed by atoms with E-state index in [1.165, 1.54) is 11.3 Å². The topological polar surface area (TPSA) is 51.1 Å². The fraction of sp³-hybridized carbons (Fsp3) is 0.111. The molecule has 0 fully saturated rings. The Balaban J connectivity index is 1.62. The van der Waals surface area contributed by atoms with Crippen molar-refractivity contribution in [2.45, 2.75) is 6.92 Å². The Bertz CT molecular complexity index is 1420. The average Bonchev–Trinajstić information content (AvgIpc) is 3.37. The number of halogens is 1. The molecule has 0 aliphatic carbocycles. The van der Waals surface area contributed by atoms with Crippen LogP contribution in [0, 0.1) is 0 Å². The van der Waals surface area contributed by atoms with Gasteiger partial charge in [-0.15, -0.1) is 11.3 Å². The van der Waals surface area contributed by atoms with Crippen molar-refractivity contribution in [1.82, 2.24) is 0 Å². The minimum atomic E-state index is -0.219. The van der Waals surface area contributed by atoms with Crippen LogP contribution in [0.5, 0.6) is 11.5 Å². The molecule has 2 heterocycles. The molecule has 0 saturated carbocycles. The summed E-state index contributed by atoms with van der Waals surface area (Å²) >= 11 is 8.30. The Morgan fingerprint density at radius 2 is 1.71 bits per heavy atom. The molecule has 170 valence electrons. The van der Waals surface area contributed by atoms with Gasteiger partial charge in [-0.25, -0.2) is 4.99 Å². The summed E-state index contributed by atoms with van der Waals surface area (Å²) in [5, 5.41) is 1.53. The third-order valence-corrected chi connectivity index (χ3v) is 7.09. The number of rotatable bonds is 6. The van der Waals surface area contributed by atoms with E-state index >= 15 is 0 Å². The zero-order valence-electron chi connectivity index (χ0n) is 18.6. The number of amides is 1. The quantitative estimate of drug-likeness (QED) is 0.280. The van der Waals surface area contributed by atoms with Gasteiger partial charge in [0.15, 0.2) is 5.84 Å². The number of fused-ring (bicyclic) bond motifs is 1. The summed E-state index contributed by atoms with van der Waals surface area (Å²) in [6.45, 7) is 2.50. The summed E-state index contributed by atoms with van der Waals surface area (Å²) in [5.74, 6) is 1.78. The van der Waals surface area contributed by atoms with E-state index in [9.17, 15) is 4.79 Å². The summed E-state index contributed by atoms with van der Waals surface area (Å²) < 4.78 is 11.8. The highest BCUT2D eigenvalue weighted by molar-refractivity contribution is 7.21. The van der Waals surface area contributed by atoms with E-state index in [1.807, 2.05) is 79.7 Å². The van der Waals surface area contributed by atoms with Crippen LogP contribution in [0.15, 0.2) is 83.5 Å². The third-order valence-electron chi connectivity index (χ3n) is 5.42. The lowest BCUT2D eigenvalue weighted by atomic mass is 10.2. The first-order valence-electron chi connectivity index (χ1n) is 10.8. The van der Waals surface area contributed by atoms with Crippen LogP contribution in [0.1, 0.15) is 17.4 Å². The Labute approximate surface area is 206 Å². The van der Waals surface area contributed by atoms with Crippen molar-refractivity contribution in [3.63, 3.8) is 0 Å². The third kappa shape index (κ3) is 4.06. The molecule has 0 atom stereocenters. The predicted molar refractivity (Wildman–Crippen MR) is 139 cm³/mol. The van der Waals surface area contributed by atoms with E-state index in [4.69, 9.17) is 26.1 Å². The normalized spacial score (nSPS) is 14.7. The number of nitrogens with zero attached hydrogens (tertiary/aromatic N) is 2. The van der Waals surface area contributed by atoms with Crippen LogP contribution in [0.2, 0.25) is 5.02 Å². The molecule has 0 radical (unpaired) electrons. The van der Waals surface area contributed by atoms with Gasteiger partial charge >= 0.3 is 0 Å². The summed E-state index contributed by atoms with van der Waals surface area (Å²) in [7, 11) is 1.62. The largest absolute Gasteiger partial charge is 0.497 e. The molecule has 1 aliphatic heterocycles. The Morgan fingerprint density at radius 1 is 1.00 bits per heavy atom. The number of hydrogen-bond donors (Lipinski definition) is 0. The molecule has 1 amide bonds. The van der Waals surface area contributed by atoms with Gasteiger partial charge in [0.25, 0.3) is 5.91 Å². The van der Waals surface area contributed by atoms with Crippen molar-refractivity contribution < 1.29 is 14.3 Å². The second kappa shape index (κ2) is 9.33. The van der Waals surface area contributed by atoms with Crippen LogP contribution in [0.4, 0.5) is 5.69 Å². The maximum Gasteiger partial charge on any atom is 0.282 e. The number of thiophene rings is 1. The van der Waals surface area contributed by atoms with E-state index in [-0.39, 0.29) is 5.91 Å². The zero-order valence-corrected chi connectivity index (χ0v) is 20.2. The molecule has 0 unspecified atom stereocenters. The summed E-state index contributed by atoms with van der Waals surface area (Å²) in [6, 6.07) is 22.8. The second-order valence-electron chi connectivity index (χ2n) is 7.55. The average molecular weight is 489 g/mol. The highest BCUT2D eigenvalue weighted by atomic mass is 35.5. The van der Waals surface area contributed by atoms with Gasteiger partial charge in [-0.2, -0.15) is 0 Å². The molecule has 34 heavy (non-hydrogen) atoms. The lowest BCUT2D eigenvalue weighted by Crippen LogP contribution is -2.32. The number of methoxy groups -OCH3 is 1. The van der Waals surface area contributed by atoms with E-state index in [0.717, 1.165) is 32.0 Å². The molecule has 0 N–H and O–H groups in total. The van der Waals surface area contributed by atoms with Gasteiger partial charge in [0, 0.05) is 10.1 Å². The van der Waals surface area contributed by atoms with Gasteiger partial charge in [-0.05, 0) is 61.0 Å². The molecule has 0 spiro atoms. The number of hydrogen-bond acceptors (Lipinski definition) is 5. The molecule has 5 nitrogen and oxygen atoms in total. The summed E-state index contributed by atoms with van der Waals surface area (Å²) in [4.78, 5) is 20.7. The van der Waals surface area contributed by atoms with Crippen molar-refractivity contribution >= 4 is 56.5 Å². The first-order valence-corrected chi connectivity index (χ1v) is 12.0.